The molecule has 0 fully saturated rings. The van der Waals surface area contributed by atoms with Crippen LogP contribution in [0.1, 0.15) is 4.88 Å². The molecule has 2 heterocycles. The summed E-state index contributed by atoms with van der Waals surface area (Å²) in [5.74, 6) is -0.0745. The van der Waals surface area contributed by atoms with E-state index < -0.39 is 9.84 Å². The van der Waals surface area contributed by atoms with Crippen molar-refractivity contribution in [1.29, 1.82) is 0 Å². The van der Waals surface area contributed by atoms with Gasteiger partial charge in [-0.1, -0.05) is 0 Å². The molecule has 0 N–H and O–H groups in total. The minimum atomic E-state index is -3.49. The average Bonchev–Trinajstić information content (AvgIpc) is 2.95. The predicted octanol–water partition coefficient (Wildman–Crippen LogP) is 1.72. The molecule has 0 aromatic carbocycles. The van der Waals surface area contributed by atoms with E-state index in [4.69, 9.17) is 4.74 Å². The third-order valence-electron chi connectivity index (χ3n) is 2.36. The van der Waals surface area contributed by atoms with E-state index in [0.29, 0.717) is 13.2 Å². The van der Waals surface area contributed by atoms with Crippen molar-refractivity contribution in [3.63, 3.8) is 0 Å². The van der Waals surface area contributed by atoms with E-state index in [0.717, 1.165) is 8.66 Å². The second-order valence-corrected chi connectivity index (χ2v) is 8.20. The van der Waals surface area contributed by atoms with Gasteiger partial charge < -0.3 is 9.30 Å². The van der Waals surface area contributed by atoms with Crippen molar-refractivity contribution in [2.24, 2.45) is 0 Å². The van der Waals surface area contributed by atoms with E-state index >= 15 is 0 Å². The van der Waals surface area contributed by atoms with Crippen LogP contribution in [0.5, 0.6) is 0 Å². The molecule has 0 aliphatic heterocycles. The zero-order chi connectivity index (χ0) is 13.9. The molecule has 0 atom stereocenters. The summed E-state index contributed by atoms with van der Waals surface area (Å²) >= 11 is 4.70. The Hall–Kier alpha value is -0.770. The molecule has 0 spiro atoms. The topological polar surface area (TPSA) is 74.1 Å². The Kier molecular flexibility index (Phi) is 4.71. The van der Waals surface area contributed by atoms with Crippen molar-refractivity contribution in [2.75, 3.05) is 13.7 Å². The van der Waals surface area contributed by atoms with Crippen LogP contribution in [-0.2, 0) is 26.9 Å². The van der Waals surface area contributed by atoms with Crippen LogP contribution in [0.3, 0.4) is 0 Å². The number of aromatic nitrogens is 3. The number of hydrogen-bond donors (Lipinski definition) is 0. The SMILES string of the molecule is COCCn1cnnc1S(=O)(=O)Cc1ccc(Br)s1. The van der Waals surface area contributed by atoms with Gasteiger partial charge in [0.1, 0.15) is 6.33 Å². The highest BCUT2D eigenvalue weighted by atomic mass is 79.9. The summed E-state index contributed by atoms with van der Waals surface area (Å²) in [5.41, 5.74) is 0. The lowest BCUT2D eigenvalue weighted by Gasteiger charge is -2.05. The lowest BCUT2D eigenvalue weighted by molar-refractivity contribution is 0.184. The molecule has 0 amide bonds. The molecule has 0 aliphatic rings. The number of nitrogens with zero attached hydrogens (tertiary/aromatic N) is 3. The number of methoxy groups -OCH3 is 1. The van der Waals surface area contributed by atoms with E-state index in [2.05, 4.69) is 26.1 Å². The van der Waals surface area contributed by atoms with Crippen molar-refractivity contribution in [3.8, 4) is 0 Å². The first-order chi connectivity index (χ1) is 9.03. The Morgan fingerprint density at radius 1 is 1.47 bits per heavy atom. The lowest BCUT2D eigenvalue weighted by atomic mass is 10.5. The number of halogens is 1. The highest BCUT2D eigenvalue weighted by Gasteiger charge is 2.22. The Labute approximate surface area is 123 Å². The second kappa shape index (κ2) is 6.12. The first-order valence-electron chi connectivity index (χ1n) is 5.36. The van der Waals surface area contributed by atoms with Gasteiger partial charge >= 0.3 is 0 Å². The van der Waals surface area contributed by atoms with Gasteiger partial charge in [-0.2, -0.15) is 0 Å². The average molecular weight is 366 g/mol. The van der Waals surface area contributed by atoms with Gasteiger partial charge in [0.25, 0.3) is 0 Å². The number of rotatable bonds is 6. The van der Waals surface area contributed by atoms with E-state index in [1.165, 1.54) is 22.2 Å². The Morgan fingerprint density at radius 2 is 2.26 bits per heavy atom. The summed E-state index contributed by atoms with van der Waals surface area (Å²) in [5, 5.41) is 7.35. The molecular formula is C10H12BrN3O3S2. The summed E-state index contributed by atoms with van der Waals surface area (Å²) in [6.07, 6.45) is 1.40. The van der Waals surface area contributed by atoms with Gasteiger partial charge in [0.05, 0.1) is 16.1 Å². The van der Waals surface area contributed by atoms with E-state index in [-0.39, 0.29) is 10.9 Å². The Balaban J connectivity index is 2.22. The van der Waals surface area contributed by atoms with Gasteiger partial charge in [-0.3, -0.25) is 0 Å². The van der Waals surface area contributed by atoms with E-state index in [1.54, 1.807) is 13.2 Å². The molecule has 2 rings (SSSR count). The molecule has 0 radical (unpaired) electrons. The number of hydrogen-bond acceptors (Lipinski definition) is 6. The normalized spacial score (nSPS) is 11.9. The molecule has 104 valence electrons. The zero-order valence-electron chi connectivity index (χ0n) is 10.1. The standard InChI is InChI=1S/C10H12BrN3O3S2/c1-17-5-4-14-7-12-13-10(14)19(15,16)6-8-2-3-9(11)18-8/h2-3,7H,4-6H2,1H3. The summed E-state index contributed by atoms with van der Waals surface area (Å²) in [6, 6.07) is 3.60. The van der Waals surface area contributed by atoms with Crippen molar-refractivity contribution in [2.45, 2.75) is 17.5 Å². The molecule has 19 heavy (non-hydrogen) atoms. The summed E-state index contributed by atoms with van der Waals surface area (Å²) < 4.78 is 31.9. The second-order valence-electron chi connectivity index (χ2n) is 3.76. The molecule has 6 nitrogen and oxygen atoms in total. The number of ether oxygens (including phenoxy) is 1. The van der Waals surface area contributed by atoms with Crippen molar-refractivity contribution in [3.05, 3.63) is 27.1 Å². The van der Waals surface area contributed by atoms with Crippen LogP contribution in [-0.4, -0.2) is 36.9 Å². The molecular weight excluding hydrogens is 354 g/mol. The molecule has 2 aromatic heterocycles. The first kappa shape index (κ1) is 14.6. The summed E-state index contributed by atoms with van der Waals surface area (Å²) in [6.45, 7) is 0.817. The fourth-order valence-corrected chi connectivity index (χ4v) is 4.76. The van der Waals surface area contributed by atoms with Gasteiger partial charge in [-0.15, -0.1) is 21.5 Å². The first-order valence-corrected chi connectivity index (χ1v) is 8.63. The molecule has 0 saturated heterocycles. The van der Waals surface area contributed by atoms with Crippen molar-refractivity contribution >= 4 is 37.1 Å². The van der Waals surface area contributed by atoms with Crippen LogP contribution in [0.15, 0.2) is 27.4 Å². The lowest BCUT2D eigenvalue weighted by Crippen LogP contribution is -2.14. The third kappa shape index (κ3) is 3.62. The molecule has 0 saturated carbocycles. The zero-order valence-corrected chi connectivity index (χ0v) is 13.3. The Morgan fingerprint density at radius 3 is 2.89 bits per heavy atom. The van der Waals surface area contributed by atoms with Crippen LogP contribution in [0.25, 0.3) is 0 Å². The molecule has 0 aliphatic carbocycles. The van der Waals surface area contributed by atoms with E-state index in [1.807, 2.05) is 6.07 Å². The van der Waals surface area contributed by atoms with Crippen LogP contribution in [0, 0.1) is 0 Å². The smallest absolute Gasteiger partial charge is 0.249 e. The number of sulfone groups is 1. The Bertz CT molecular complexity index is 651. The van der Waals surface area contributed by atoms with Gasteiger partial charge in [-0.05, 0) is 28.1 Å². The molecule has 9 heteroatoms. The molecule has 2 aromatic rings. The predicted molar refractivity (Wildman–Crippen MR) is 74.8 cm³/mol. The van der Waals surface area contributed by atoms with Gasteiger partial charge in [0.15, 0.2) is 0 Å². The molecule has 0 unspecified atom stereocenters. The fourth-order valence-electron chi connectivity index (χ4n) is 1.51. The highest BCUT2D eigenvalue weighted by Crippen LogP contribution is 2.25. The maximum Gasteiger partial charge on any atom is 0.249 e. The maximum atomic E-state index is 12.3. The summed E-state index contributed by atoms with van der Waals surface area (Å²) in [7, 11) is -1.94. The van der Waals surface area contributed by atoms with Crippen molar-refractivity contribution < 1.29 is 13.2 Å². The van der Waals surface area contributed by atoms with Gasteiger partial charge in [0.2, 0.25) is 15.0 Å². The number of thiophene rings is 1. The van der Waals surface area contributed by atoms with Crippen molar-refractivity contribution in [1.82, 2.24) is 14.8 Å². The quantitative estimate of drug-likeness (QED) is 0.778. The molecule has 0 bridgehead atoms. The largest absolute Gasteiger partial charge is 0.383 e. The van der Waals surface area contributed by atoms with Crippen LogP contribution in [0.2, 0.25) is 0 Å². The van der Waals surface area contributed by atoms with Gasteiger partial charge in [-0.25, -0.2) is 8.42 Å². The van der Waals surface area contributed by atoms with Crippen LogP contribution >= 0.6 is 27.3 Å². The minimum Gasteiger partial charge on any atom is -0.383 e. The van der Waals surface area contributed by atoms with Gasteiger partial charge in [0, 0.05) is 18.5 Å². The minimum absolute atomic E-state index is 0.0194. The maximum absolute atomic E-state index is 12.3. The fraction of sp³-hybridized carbons (Fsp3) is 0.400. The highest BCUT2D eigenvalue weighted by molar-refractivity contribution is 9.11. The van der Waals surface area contributed by atoms with Crippen LogP contribution in [0.4, 0.5) is 0 Å². The van der Waals surface area contributed by atoms with Crippen LogP contribution < -0.4 is 0 Å². The monoisotopic (exact) mass is 365 g/mol. The third-order valence-corrected chi connectivity index (χ3v) is 5.73. The summed E-state index contributed by atoms with van der Waals surface area (Å²) in [4.78, 5) is 0.758. The van der Waals surface area contributed by atoms with E-state index in [9.17, 15) is 8.42 Å².